The lowest BCUT2D eigenvalue weighted by atomic mass is 9.98. The normalized spacial score (nSPS) is 20.4. The molecule has 1 saturated heterocycles. The van der Waals surface area contributed by atoms with Gasteiger partial charge in [-0.1, -0.05) is 44.2 Å². The summed E-state index contributed by atoms with van der Waals surface area (Å²) in [4.78, 5) is 0. The summed E-state index contributed by atoms with van der Waals surface area (Å²) in [6, 6.07) is 8.48. The third kappa shape index (κ3) is 8.04. The van der Waals surface area contributed by atoms with Crippen molar-refractivity contribution >= 4 is 0 Å². The van der Waals surface area contributed by atoms with E-state index in [1.54, 1.807) is 0 Å². The quantitative estimate of drug-likeness (QED) is 0.240. The smallest absolute Gasteiger partial charge is 0.196 e. The molecule has 2 rings (SSSR count). The number of ether oxygens (including phenoxy) is 3. The Labute approximate surface area is 180 Å². The average molecular weight is 423 g/mol. The van der Waals surface area contributed by atoms with Gasteiger partial charge in [-0.15, -0.1) is 6.58 Å². The maximum absolute atomic E-state index is 14.0. The standard InChI is InChI=1S/C23H30F2O3.C2H6/c1-5-6-7-18-8-10-19(11-9-18)21-13-12-20(15-28-21)27-14-16(2)22(24)23(25)17(3)26-4;1-2/h5,8-11,20-21H,1,6-7,12-15H2,2-4H3;1-2H3/b22-16-,23-17-;. The molecule has 168 valence electrons. The molecule has 0 spiro atoms. The fraction of sp³-hybridized carbons (Fsp3) is 0.520. The van der Waals surface area contributed by atoms with E-state index in [4.69, 9.17) is 14.2 Å². The minimum absolute atomic E-state index is 0.0208. The molecule has 0 amide bonds. The summed E-state index contributed by atoms with van der Waals surface area (Å²) in [5.41, 5.74) is 2.64. The van der Waals surface area contributed by atoms with Gasteiger partial charge in [0.25, 0.3) is 0 Å². The monoisotopic (exact) mass is 422 g/mol. The Morgan fingerprint density at radius 2 is 1.80 bits per heavy atom. The summed E-state index contributed by atoms with van der Waals surface area (Å²) >= 11 is 0. The molecule has 1 aliphatic rings. The van der Waals surface area contributed by atoms with Gasteiger partial charge in [0.15, 0.2) is 11.7 Å². The van der Waals surface area contributed by atoms with Gasteiger partial charge in [0.05, 0.1) is 32.5 Å². The number of halogens is 2. The van der Waals surface area contributed by atoms with Crippen molar-refractivity contribution in [1.82, 2.24) is 0 Å². The first kappa shape index (κ1) is 26.1. The Balaban J connectivity index is 0.00000218. The zero-order chi connectivity index (χ0) is 22.5. The predicted octanol–water partition coefficient (Wildman–Crippen LogP) is 7.16. The van der Waals surface area contributed by atoms with E-state index in [9.17, 15) is 8.78 Å². The van der Waals surface area contributed by atoms with Crippen LogP contribution < -0.4 is 0 Å². The molecule has 1 aromatic rings. The molecular formula is C25H36F2O3. The maximum atomic E-state index is 14.0. The van der Waals surface area contributed by atoms with Gasteiger partial charge in [-0.05, 0) is 56.2 Å². The van der Waals surface area contributed by atoms with Crippen molar-refractivity contribution in [1.29, 1.82) is 0 Å². The van der Waals surface area contributed by atoms with Gasteiger partial charge >= 0.3 is 0 Å². The van der Waals surface area contributed by atoms with Gasteiger partial charge in [-0.25, -0.2) is 8.78 Å². The van der Waals surface area contributed by atoms with Crippen LogP contribution in [0.2, 0.25) is 0 Å². The lowest BCUT2D eigenvalue weighted by Crippen LogP contribution is -2.28. The molecule has 0 radical (unpaired) electrons. The summed E-state index contributed by atoms with van der Waals surface area (Å²) in [5, 5.41) is 0. The maximum Gasteiger partial charge on any atom is 0.196 e. The SMILES string of the molecule is C=CCCc1ccc(C2CCC(OC/C(C)=C(F)/C(F)=C(\C)OC)CO2)cc1.CC. The molecule has 3 nitrogen and oxygen atoms in total. The molecular weight excluding hydrogens is 386 g/mol. The Morgan fingerprint density at radius 3 is 2.33 bits per heavy atom. The molecule has 0 bridgehead atoms. The number of allylic oxidation sites excluding steroid dienone is 4. The van der Waals surface area contributed by atoms with Gasteiger partial charge in [0.1, 0.15) is 5.76 Å². The number of benzene rings is 1. The van der Waals surface area contributed by atoms with Crippen molar-refractivity contribution in [2.24, 2.45) is 0 Å². The first-order valence-electron chi connectivity index (χ1n) is 10.6. The number of hydrogen-bond acceptors (Lipinski definition) is 3. The molecule has 2 atom stereocenters. The zero-order valence-electron chi connectivity index (χ0n) is 19.0. The van der Waals surface area contributed by atoms with E-state index in [1.165, 1.54) is 26.5 Å². The highest BCUT2D eigenvalue weighted by atomic mass is 19.2. The van der Waals surface area contributed by atoms with Crippen LogP contribution in [0, 0.1) is 0 Å². The largest absolute Gasteiger partial charge is 0.498 e. The van der Waals surface area contributed by atoms with Crippen LogP contribution in [0.1, 0.15) is 64.2 Å². The molecule has 1 heterocycles. The molecule has 0 N–H and O–H groups in total. The van der Waals surface area contributed by atoms with E-state index in [0.29, 0.717) is 6.61 Å². The van der Waals surface area contributed by atoms with Crippen molar-refractivity contribution in [3.63, 3.8) is 0 Å². The molecule has 5 heteroatoms. The van der Waals surface area contributed by atoms with Crippen molar-refractivity contribution in [3.05, 3.63) is 71.0 Å². The summed E-state index contributed by atoms with van der Waals surface area (Å²) in [6.45, 7) is 11.1. The molecule has 1 aromatic carbocycles. The Bertz CT molecular complexity index is 700. The Morgan fingerprint density at radius 1 is 1.13 bits per heavy atom. The minimum atomic E-state index is -0.986. The highest BCUT2D eigenvalue weighted by Gasteiger charge is 2.24. The summed E-state index contributed by atoms with van der Waals surface area (Å²) < 4.78 is 44.2. The fourth-order valence-corrected chi connectivity index (χ4v) is 3.03. The number of aryl methyl sites for hydroxylation is 1. The van der Waals surface area contributed by atoms with Gasteiger partial charge in [-0.3, -0.25) is 0 Å². The molecule has 0 saturated carbocycles. The molecule has 0 aromatic heterocycles. The molecule has 1 aliphatic heterocycles. The minimum Gasteiger partial charge on any atom is -0.498 e. The van der Waals surface area contributed by atoms with Gasteiger partial charge in [0.2, 0.25) is 0 Å². The van der Waals surface area contributed by atoms with E-state index < -0.39 is 11.7 Å². The highest BCUT2D eigenvalue weighted by Crippen LogP contribution is 2.30. The van der Waals surface area contributed by atoms with Crippen LogP contribution in [0.15, 0.2) is 59.9 Å². The molecule has 2 unspecified atom stereocenters. The lowest BCUT2D eigenvalue weighted by molar-refractivity contribution is -0.0821. The van der Waals surface area contributed by atoms with Crippen LogP contribution in [0.4, 0.5) is 8.78 Å². The first-order valence-corrected chi connectivity index (χ1v) is 10.6. The number of rotatable bonds is 9. The topological polar surface area (TPSA) is 27.7 Å². The predicted molar refractivity (Wildman–Crippen MR) is 119 cm³/mol. The highest BCUT2D eigenvalue weighted by molar-refractivity contribution is 5.26. The summed E-state index contributed by atoms with van der Waals surface area (Å²) in [5.74, 6) is -2.00. The zero-order valence-corrected chi connectivity index (χ0v) is 19.0. The average Bonchev–Trinajstić information content (AvgIpc) is 2.81. The fourth-order valence-electron chi connectivity index (χ4n) is 3.03. The second-order valence-electron chi connectivity index (χ2n) is 7.07. The van der Waals surface area contributed by atoms with Crippen LogP contribution in [-0.2, 0) is 20.6 Å². The molecule has 30 heavy (non-hydrogen) atoms. The molecule has 0 aliphatic carbocycles. The van der Waals surface area contributed by atoms with Crippen LogP contribution in [0.3, 0.4) is 0 Å². The van der Waals surface area contributed by atoms with Crippen LogP contribution in [0.5, 0.6) is 0 Å². The summed E-state index contributed by atoms with van der Waals surface area (Å²) in [6.07, 6.45) is 5.45. The third-order valence-electron chi connectivity index (χ3n) is 4.94. The Hall–Kier alpha value is -1.98. The number of methoxy groups -OCH3 is 1. The van der Waals surface area contributed by atoms with Crippen molar-refractivity contribution in [2.45, 2.75) is 65.6 Å². The second-order valence-corrected chi connectivity index (χ2v) is 7.07. The Kier molecular flexibility index (Phi) is 12.2. The van der Waals surface area contributed by atoms with Crippen LogP contribution in [-0.4, -0.2) is 26.4 Å². The van der Waals surface area contributed by atoms with Crippen molar-refractivity contribution in [3.8, 4) is 0 Å². The van der Waals surface area contributed by atoms with Gasteiger partial charge in [-0.2, -0.15) is 0 Å². The summed E-state index contributed by atoms with van der Waals surface area (Å²) in [7, 11) is 1.30. The van der Waals surface area contributed by atoms with Crippen LogP contribution >= 0.6 is 0 Å². The second kappa shape index (κ2) is 14.1. The van der Waals surface area contributed by atoms with Crippen LogP contribution in [0.25, 0.3) is 0 Å². The first-order chi connectivity index (χ1) is 14.5. The van der Waals surface area contributed by atoms with Crippen molar-refractivity contribution in [2.75, 3.05) is 20.3 Å². The lowest BCUT2D eigenvalue weighted by Gasteiger charge is -2.29. The van der Waals surface area contributed by atoms with E-state index in [-0.39, 0.29) is 30.1 Å². The van der Waals surface area contributed by atoms with Gasteiger partial charge in [0, 0.05) is 0 Å². The third-order valence-corrected chi connectivity index (χ3v) is 4.94. The van der Waals surface area contributed by atoms with Gasteiger partial charge < -0.3 is 14.2 Å². The number of hydrogen-bond donors (Lipinski definition) is 0. The van der Waals surface area contributed by atoms with E-state index >= 15 is 0 Å². The van der Waals surface area contributed by atoms with E-state index in [2.05, 4.69) is 30.8 Å². The van der Waals surface area contributed by atoms with E-state index in [1.807, 2.05) is 19.9 Å². The molecule has 1 fully saturated rings. The van der Waals surface area contributed by atoms with Crippen molar-refractivity contribution < 1.29 is 23.0 Å². The van der Waals surface area contributed by atoms with E-state index in [0.717, 1.165) is 31.2 Å².